The molecule has 1 N–H and O–H groups in total. The molecule has 0 fully saturated rings. The van der Waals surface area contributed by atoms with Gasteiger partial charge in [0.05, 0.1) is 5.57 Å². The summed E-state index contributed by atoms with van der Waals surface area (Å²) in [4.78, 5) is 56.0. The third-order valence-electron chi connectivity index (χ3n) is 6.68. The smallest absolute Gasteiger partial charge is 0.443 e. The van der Waals surface area contributed by atoms with E-state index in [2.05, 4.69) is 23.7 Å². The van der Waals surface area contributed by atoms with E-state index >= 15 is 0 Å². The van der Waals surface area contributed by atoms with E-state index in [0.717, 1.165) is 6.08 Å². The second-order valence-corrected chi connectivity index (χ2v) is 18.5. The minimum absolute atomic E-state index is 0.411. The van der Waals surface area contributed by atoms with Gasteiger partial charge in [0.25, 0.3) is 0 Å². The zero-order valence-electron chi connectivity index (χ0n) is 29.0. The average molecular weight is 658 g/mol. The predicted molar refractivity (Wildman–Crippen MR) is 173 cm³/mol. The second kappa shape index (κ2) is 14.3. The molecule has 0 saturated carbocycles. The van der Waals surface area contributed by atoms with Crippen molar-refractivity contribution < 1.29 is 47.7 Å². The number of carbonyl (C=O) groups excluding carboxylic acids is 4. The Balaban J connectivity index is 3.13. The molecule has 0 aliphatic heterocycles. The Morgan fingerprint density at radius 1 is 0.848 bits per heavy atom. The van der Waals surface area contributed by atoms with Crippen LogP contribution in [0.4, 0.5) is 14.4 Å². The normalized spacial score (nSPS) is 20.6. The molecule has 2 bridgehead atoms. The lowest BCUT2D eigenvalue weighted by atomic mass is 9.83. The Morgan fingerprint density at radius 3 is 1.78 bits per heavy atom. The van der Waals surface area contributed by atoms with Crippen LogP contribution in [-0.4, -0.2) is 71.0 Å². The summed E-state index contributed by atoms with van der Waals surface area (Å²) in [7, 11) is -2.69. The van der Waals surface area contributed by atoms with Crippen molar-refractivity contribution in [3.63, 3.8) is 0 Å². The number of hydrogen-bond acceptors (Lipinski definition) is 10. The van der Waals surface area contributed by atoms with Crippen molar-refractivity contribution in [3.05, 3.63) is 35.3 Å². The van der Waals surface area contributed by atoms with Gasteiger partial charge in [0, 0.05) is 6.08 Å². The first-order chi connectivity index (χ1) is 21.0. The van der Waals surface area contributed by atoms with E-state index < -0.39 is 78.0 Å². The van der Waals surface area contributed by atoms with Gasteiger partial charge in [-0.1, -0.05) is 44.5 Å². The summed E-state index contributed by atoms with van der Waals surface area (Å²) in [6.45, 7) is 20.1. The summed E-state index contributed by atoms with van der Waals surface area (Å²) in [6.07, 6.45) is -1.76. The van der Waals surface area contributed by atoms with E-state index in [1.807, 2.05) is 20.8 Å². The van der Waals surface area contributed by atoms with Crippen molar-refractivity contribution in [2.75, 3.05) is 0 Å². The van der Waals surface area contributed by atoms with Crippen LogP contribution in [-0.2, 0) is 28.2 Å². The van der Waals surface area contributed by atoms with E-state index in [4.69, 9.17) is 23.4 Å². The molecular weight excluding hydrogens is 610 g/mol. The zero-order chi connectivity index (χ0) is 35.3. The Labute approximate surface area is 273 Å². The van der Waals surface area contributed by atoms with Crippen LogP contribution < -0.4 is 0 Å². The van der Waals surface area contributed by atoms with Crippen molar-refractivity contribution in [2.45, 2.75) is 130 Å². The van der Waals surface area contributed by atoms with Crippen molar-refractivity contribution in [1.29, 1.82) is 0 Å². The standard InChI is InChI=1S/C34H47NO10Si/c1-13-46(14-2,15-3)45-34-21-19-17-16-18-20-23(36)25(27(34)37)26(24(22-34)41-30(40)44-33(10,11)12)35(28(38)42-31(4,5)6)29(39)43-32(7,8)9/h16-17,22-23,36H,13-15H2,1-12H3/b17-16-/t23-,34-/m0/s1. The van der Waals surface area contributed by atoms with Crippen molar-refractivity contribution in [2.24, 2.45) is 0 Å². The number of fused-ring (bicyclic) bond motifs is 2. The van der Waals surface area contributed by atoms with Crippen LogP contribution in [0.2, 0.25) is 18.1 Å². The van der Waals surface area contributed by atoms with E-state index in [0.29, 0.717) is 23.0 Å². The molecule has 252 valence electrons. The largest absolute Gasteiger partial charge is 0.514 e. The maximum Gasteiger partial charge on any atom is 0.514 e. The highest BCUT2D eigenvalue weighted by Gasteiger charge is 2.53. The number of ketones is 1. The molecule has 0 aromatic heterocycles. The van der Waals surface area contributed by atoms with Gasteiger partial charge in [-0.25, -0.2) is 14.4 Å². The quantitative estimate of drug-likeness (QED) is 0.139. The van der Waals surface area contributed by atoms with Gasteiger partial charge in [-0.3, -0.25) is 4.79 Å². The molecular formula is C34H47NO10Si. The van der Waals surface area contributed by atoms with Gasteiger partial charge in [0.1, 0.15) is 28.6 Å². The molecule has 0 aromatic rings. The molecule has 0 spiro atoms. The number of aliphatic hydroxyl groups is 1. The maximum atomic E-state index is 14.7. The van der Waals surface area contributed by atoms with Crippen LogP contribution in [0.5, 0.6) is 0 Å². The number of nitrogens with zero attached hydrogens (tertiary/aromatic N) is 1. The first-order valence-corrected chi connectivity index (χ1v) is 17.8. The number of rotatable bonds is 7. The van der Waals surface area contributed by atoms with Gasteiger partial charge < -0.3 is 28.5 Å². The van der Waals surface area contributed by atoms with Gasteiger partial charge in [0.15, 0.2) is 14.1 Å². The Kier molecular flexibility index (Phi) is 11.9. The lowest BCUT2D eigenvalue weighted by Gasteiger charge is -2.41. The van der Waals surface area contributed by atoms with Gasteiger partial charge >= 0.3 is 18.3 Å². The van der Waals surface area contributed by atoms with E-state index in [1.54, 1.807) is 62.3 Å². The van der Waals surface area contributed by atoms with Crippen LogP contribution >= 0.6 is 0 Å². The lowest BCUT2D eigenvalue weighted by molar-refractivity contribution is -0.125. The number of carbonyl (C=O) groups is 4. The van der Waals surface area contributed by atoms with Crippen molar-refractivity contribution in [3.8, 4) is 23.7 Å². The topological polar surface area (TPSA) is 138 Å². The predicted octanol–water partition coefficient (Wildman–Crippen LogP) is 6.53. The summed E-state index contributed by atoms with van der Waals surface area (Å²) in [5, 5.41) is 11.5. The summed E-state index contributed by atoms with van der Waals surface area (Å²) < 4.78 is 28.9. The van der Waals surface area contributed by atoms with Crippen molar-refractivity contribution >= 4 is 32.4 Å². The number of allylic oxidation sites excluding steroid dienone is 2. The molecule has 0 aromatic carbocycles. The molecule has 2 aliphatic rings. The fourth-order valence-corrected chi connectivity index (χ4v) is 7.31. The highest BCUT2D eigenvalue weighted by Crippen LogP contribution is 2.40. The van der Waals surface area contributed by atoms with Crippen LogP contribution in [0.1, 0.15) is 83.1 Å². The van der Waals surface area contributed by atoms with Gasteiger partial charge in [-0.15, -0.1) is 0 Å². The first kappa shape index (κ1) is 38.3. The van der Waals surface area contributed by atoms with Crippen LogP contribution in [0, 0.1) is 23.7 Å². The molecule has 11 nitrogen and oxygen atoms in total. The summed E-state index contributed by atoms with van der Waals surface area (Å²) in [6, 6.07) is 1.83. The molecule has 2 atom stereocenters. The SMILES string of the molecule is CC[Si](CC)(CC)O[C@@]12C#C/C=C\C#C[C@H](O)C(=C(N(C(=O)OC(C)(C)C)C(=O)OC(C)(C)C)C(OC(=O)OC(C)(C)C)=C1)C2=O. The van der Waals surface area contributed by atoms with Gasteiger partial charge in [-0.2, -0.15) is 4.90 Å². The molecule has 0 heterocycles. The van der Waals surface area contributed by atoms with E-state index in [9.17, 15) is 24.3 Å². The number of Topliss-reactive ketones (excluding diaryl/α,β-unsaturated/α-hetero) is 1. The summed E-state index contributed by atoms with van der Waals surface area (Å²) in [5.41, 5.74) is -6.55. The number of ether oxygens (including phenoxy) is 4. The molecule has 2 aliphatic carbocycles. The minimum Gasteiger partial charge on any atom is -0.443 e. The van der Waals surface area contributed by atoms with Gasteiger partial charge in [0.2, 0.25) is 11.4 Å². The Hall–Kier alpha value is -3.84. The van der Waals surface area contributed by atoms with Crippen LogP contribution in [0.15, 0.2) is 35.3 Å². The highest BCUT2D eigenvalue weighted by atomic mass is 28.4. The number of aliphatic hydroxyl groups excluding tert-OH is 1. The van der Waals surface area contributed by atoms with Crippen LogP contribution in [0.25, 0.3) is 0 Å². The molecule has 12 heteroatoms. The first-order valence-electron chi connectivity index (χ1n) is 15.3. The zero-order valence-corrected chi connectivity index (χ0v) is 30.0. The fourth-order valence-electron chi connectivity index (χ4n) is 4.49. The van der Waals surface area contributed by atoms with E-state index in [-0.39, 0.29) is 0 Å². The summed E-state index contributed by atoms with van der Waals surface area (Å²) >= 11 is 0. The Morgan fingerprint density at radius 2 is 1.33 bits per heavy atom. The second-order valence-electron chi connectivity index (χ2n) is 13.8. The molecule has 0 radical (unpaired) electrons. The maximum absolute atomic E-state index is 14.7. The van der Waals surface area contributed by atoms with E-state index in [1.165, 1.54) is 12.2 Å². The molecule has 2 amide bonds. The monoisotopic (exact) mass is 657 g/mol. The fraction of sp³-hybridized carbons (Fsp3) is 0.588. The minimum atomic E-state index is -2.69. The molecule has 0 unspecified atom stereocenters. The number of hydrogen-bond donors (Lipinski definition) is 1. The molecule has 0 saturated heterocycles. The number of imide groups is 1. The Bertz CT molecular complexity index is 1410. The molecule has 46 heavy (non-hydrogen) atoms. The third kappa shape index (κ3) is 9.83. The highest BCUT2D eigenvalue weighted by molar-refractivity contribution is 6.74. The van der Waals surface area contributed by atoms with Crippen LogP contribution in [0.3, 0.4) is 0 Å². The summed E-state index contributed by atoms with van der Waals surface area (Å²) in [5.74, 6) is 9.36. The average Bonchev–Trinajstić information content (AvgIpc) is 2.88. The van der Waals surface area contributed by atoms with Gasteiger partial charge in [-0.05, 0) is 92.6 Å². The number of amides is 2. The lowest BCUT2D eigenvalue weighted by Crippen LogP contribution is -2.55. The van der Waals surface area contributed by atoms with Crippen molar-refractivity contribution in [1.82, 2.24) is 4.90 Å². The third-order valence-corrected chi connectivity index (χ3v) is 11.3. The molecule has 2 rings (SSSR count).